The van der Waals surface area contributed by atoms with Crippen LogP contribution in [0.15, 0.2) is 41.3 Å². The molecule has 0 bridgehead atoms. The van der Waals surface area contributed by atoms with Crippen molar-refractivity contribution in [2.24, 2.45) is 0 Å². The van der Waals surface area contributed by atoms with Gasteiger partial charge in [0, 0.05) is 30.8 Å². The van der Waals surface area contributed by atoms with Crippen LogP contribution in [-0.4, -0.2) is 53.7 Å². The first-order valence-corrected chi connectivity index (χ1v) is 10.0. The van der Waals surface area contributed by atoms with E-state index in [0.717, 1.165) is 24.3 Å². The Bertz CT molecular complexity index is 997. The molecule has 162 valence electrons. The Morgan fingerprint density at radius 3 is 2.03 bits per heavy atom. The molecule has 0 unspecified atom stereocenters. The summed E-state index contributed by atoms with van der Waals surface area (Å²) in [4.78, 5) is 22.3. The minimum atomic E-state index is -3.88. The first kappa shape index (κ1) is 22.9. The molecule has 30 heavy (non-hydrogen) atoms. The number of benzene rings is 2. The van der Waals surface area contributed by atoms with Crippen molar-refractivity contribution in [3.63, 3.8) is 0 Å². The monoisotopic (exact) mass is 439 g/mol. The molecule has 2 N–H and O–H groups in total. The van der Waals surface area contributed by atoms with Gasteiger partial charge in [-0.1, -0.05) is 0 Å². The Kier molecular flexibility index (Phi) is 7.55. The second kappa shape index (κ2) is 9.89. The van der Waals surface area contributed by atoms with E-state index in [2.05, 4.69) is 10.0 Å². The molecule has 0 aromatic heterocycles. The van der Waals surface area contributed by atoms with Crippen molar-refractivity contribution in [2.75, 3.05) is 34.4 Å². The van der Waals surface area contributed by atoms with E-state index in [4.69, 9.17) is 14.2 Å². The molecule has 2 rings (SSSR count). The lowest BCUT2D eigenvalue weighted by Gasteiger charge is -2.14. The maximum absolute atomic E-state index is 12.4. The van der Waals surface area contributed by atoms with Crippen LogP contribution < -0.4 is 24.2 Å². The Balaban J connectivity index is 1.98. The Morgan fingerprint density at radius 2 is 1.57 bits per heavy atom. The highest BCUT2D eigenvalue weighted by Crippen LogP contribution is 2.38. The maximum Gasteiger partial charge on any atom is 0.269 e. The molecule has 12 heteroatoms. The van der Waals surface area contributed by atoms with E-state index in [1.165, 1.54) is 33.5 Å². The highest BCUT2D eigenvalue weighted by Gasteiger charge is 2.18. The summed E-state index contributed by atoms with van der Waals surface area (Å²) in [6.07, 6.45) is 0. The molecule has 0 heterocycles. The van der Waals surface area contributed by atoms with E-state index in [0.29, 0.717) is 17.2 Å². The quantitative estimate of drug-likeness (QED) is 0.320. The number of nitrogens with zero attached hydrogens (tertiary/aromatic N) is 1. The van der Waals surface area contributed by atoms with Crippen LogP contribution in [0.25, 0.3) is 0 Å². The lowest BCUT2D eigenvalue weighted by Crippen LogP contribution is -2.34. The lowest BCUT2D eigenvalue weighted by molar-refractivity contribution is -0.384. The number of carbonyl (C=O) groups is 1. The fourth-order valence-electron chi connectivity index (χ4n) is 2.51. The van der Waals surface area contributed by atoms with E-state index in [1.54, 1.807) is 0 Å². The normalized spacial score (nSPS) is 10.9. The van der Waals surface area contributed by atoms with Crippen LogP contribution in [0.5, 0.6) is 17.2 Å². The van der Waals surface area contributed by atoms with Crippen molar-refractivity contribution >= 4 is 21.6 Å². The van der Waals surface area contributed by atoms with Crippen molar-refractivity contribution in [1.29, 1.82) is 0 Å². The molecule has 1 amide bonds. The number of methoxy groups -OCH3 is 3. The van der Waals surface area contributed by atoms with E-state index in [9.17, 15) is 23.3 Å². The number of ether oxygens (including phenoxy) is 3. The minimum absolute atomic E-state index is 0.00169. The molecule has 0 radical (unpaired) electrons. The van der Waals surface area contributed by atoms with Crippen LogP contribution in [-0.2, 0) is 10.0 Å². The Labute approximate surface area is 173 Å². The van der Waals surface area contributed by atoms with E-state index in [-0.39, 0.29) is 29.2 Å². The van der Waals surface area contributed by atoms with Crippen LogP contribution in [0.2, 0.25) is 0 Å². The summed E-state index contributed by atoms with van der Waals surface area (Å²) in [6, 6.07) is 7.40. The Morgan fingerprint density at radius 1 is 1.00 bits per heavy atom. The summed E-state index contributed by atoms with van der Waals surface area (Å²) >= 11 is 0. The van der Waals surface area contributed by atoms with Gasteiger partial charge >= 0.3 is 0 Å². The number of sulfonamides is 1. The molecule has 0 saturated carbocycles. The van der Waals surface area contributed by atoms with Gasteiger partial charge in [-0.2, -0.15) is 0 Å². The molecule has 0 fully saturated rings. The lowest BCUT2D eigenvalue weighted by atomic mass is 10.1. The molecule has 2 aromatic carbocycles. The van der Waals surface area contributed by atoms with Crippen LogP contribution in [0.1, 0.15) is 10.4 Å². The van der Waals surface area contributed by atoms with Gasteiger partial charge in [-0.3, -0.25) is 14.9 Å². The predicted octanol–water partition coefficient (Wildman–Crippen LogP) is 1.33. The summed E-state index contributed by atoms with van der Waals surface area (Å²) in [7, 11) is 0.411. The number of amides is 1. The van der Waals surface area contributed by atoms with Crippen molar-refractivity contribution in [1.82, 2.24) is 10.0 Å². The van der Waals surface area contributed by atoms with E-state index in [1.807, 2.05) is 0 Å². The number of non-ortho nitro benzene ring substituents is 1. The van der Waals surface area contributed by atoms with Crippen molar-refractivity contribution < 1.29 is 32.3 Å². The van der Waals surface area contributed by atoms with Gasteiger partial charge in [0.1, 0.15) is 0 Å². The second-order valence-corrected chi connectivity index (χ2v) is 7.59. The maximum atomic E-state index is 12.4. The fourth-order valence-corrected chi connectivity index (χ4v) is 3.54. The summed E-state index contributed by atoms with van der Waals surface area (Å²) in [5, 5.41) is 13.2. The average molecular weight is 439 g/mol. The van der Waals surface area contributed by atoms with Crippen LogP contribution >= 0.6 is 0 Å². The largest absolute Gasteiger partial charge is 0.493 e. The van der Waals surface area contributed by atoms with E-state index >= 15 is 0 Å². The van der Waals surface area contributed by atoms with Crippen molar-refractivity contribution in [2.45, 2.75) is 4.90 Å². The first-order valence-electron chi connectivity index (χ1n) is 8.55. The van der Waals surface area contributed by atoms with E-state index < -0.39 is 20.9 Å². The molecule has 11 nitrogen and oxygen atoms in total. The molecule has 0 aliphatic carbocycles. The third-order valence-corrected chi connectivity index (χ3v) is 5.46. The second-order valence-electron chi connectivity index (χ2n) is 5.82. The summed E-state index contributed by atoms with van der Waals surface area (Å²) < 4.78 is 42.3. The standard InChI is InChI=1S/C18H21N3O8S/c1-27-15-10-12(11-16(28-2)17(15)29-3)18(22)19-8-9-20-30(25,26)14-6-4-13(5-7-14)21(23)24/h4-7,10-11,20H,8-9H2,1-3H3,(H,19,22). The first-order chi connectivity index (χ1) is 14.2. The van der Waals surface area contributed by atoms with Gasteiger partial charge in [0.2, 0.25) is 15.8 Å². The number of carbonyl (C=O) groups excluding carboxylic acids is 1. The van der Waals surface area contributed by atoms with Gasteiger partial charge in [0.25, 0.3) is 11.6 Å². The summed E-state index contributed by atoms with van der Waals surface area (Å²) in [6.45, 7) is -0.0861. The van der Waals surface area contributed by atoms with Crippen LogP contribution in [0, 0.1) is 10.1 Å². The number of hydrogen-bond acceptors (Lipinski definition) is 8. The highest BCUT2D eigenvalue weighted by atomic mass is 32.2. The molecular weight excluding hydrogens is 418 g/mol. The van der Waals surface area contributed by atoms with Gasteiger partial charge in [-0.15, -0.1) is 0 Å². The zero-order valence-corrected chi connectivity index (χ0v) is 17.3. The average Bonchev–Trinajstić information content (AvgIpc) is 2.75. The molecule has 0 saturated heterocycles. The van der Waals surface area contributed by atoms with Crippen LogP contribution in [0.3, 0.4) is 0 Å². The molecular formula is C18H21N3O8S. The molecule has 0 spiro atoms. The smallest absolute Gasteiger partial charge is 0.269 e. The van der Waals surface area contributed by atoms with Gasteiger partial charge in [0.05, 0.1) is 31.1 Å². The number of hydrogen-bond donors (Lipinski definition) is 2. The summed E-state index contributed by atoms with van der Waals surface area (Å²) in [5.74, 6) is 0.484. The number of nitro groups is 1. The Hall–Kier alpha value is -3.38. The fraction of sp³-hybridized carbons (Fsp3) is 0.278. The van der Waals surface area contributed by atoms with Gasteiger partial charge < -0.3 is 19.5 Å². The van der Waals surface area contributed by atoms with Gasteiger partial charge in [-0.25, -0.2) is 13.1 Å². The topological polar surface area (TPSA) is 146 Å². The predicted molar refractivity (Wildman–Crippen MR) is 107 cm³/mol. The summed E-state index contributed by atoms with van der Waals surface area (Å²) in [5.41, 5.74) is 0.0225. The van der Waals surface area contributed by atoms with Crippen LogP contribution in [0.4, 0.5) is 5.69 Å². The van der Waals surface area contributed by atoms with Crippen molar-refractivity contribution in [3.8, 4) is 17.2 Å². The third-order valence-electron chi connectivity index (χ3n) is 3.99. The zero-order chi connectivity index (χ0) is 22.3. The van der Waals surface area contributed by atoms with Gasteiger partial charge in [-0.05, 0) is 24.3 Å². The SMILES string of the molecule is COc1cc(C(=O)NCCNS(=O)(=O)c2ccc([N+](=O)[O-])cc2)cc(OC)c1OC. The number of nitro benzene ring substituents is 1. The zero-order valence-electron chi connectivity index (χ0n) is 16.5. The molecule has 2 aromatic rings. The number of nitrogens with one attached hydrogen (secondary N) is 2. The van der Waals surface area contributed by atoms with Gasteiger partial charge in [0.15, 0.2) is 11.5 Å². The minimum Gasteiger partial charge on any atom is -0.493 e. The van der Waals surface area contributed by atoms with Crippen molar-refractivity contribution in [3.05, 3.63) is 52.1 Å². The molecule has 0 aliphatic heterocycles. The third kappa shape index (κ3) is 5.36. The number of rotatable bonds is 10. The molecule has 0 atom stereocenters. The molecule has 0 aliphatic rings. The highest BCUT2D eigenvalue weighted by molar-refractivity contribution is 7.89.